The summed E-state index contributed by atoms with van der Waals surface area (Å²) < 4.78 is 10.6. The first-order valence-corrected chi connectivity index (χ1v) is 11.0. The Morgan fingerprint density at radius 1 is 1.06 bits per heavy atom. The smallest absolute Gasteiger partial charge is 0.300 e. The second kappa shape index (κ2) is 8.68. The maximum Gasteiger partial charge on any atom is 0.300 e. The molecule has 32 heavy (non-hydrogen) atoms. The topological polar surface area (TPSA) is 76.1 Å². The fourth-order valence-electron chi connectivity index (χ4n) is 3.79. The van der Waals surface area contributed by atoms with Crippen LogP contribution in [0.2, 0.25) is 5.02 Å². The first-order valence-electron chi connectivity index (χ1n) is 9.71. The van der Waals surface area contributed by atoms with Crippen molar-refractivity contribution in [2.24, 2.45) is 0 Å². The van der Waals surface area contributed by atoms with Gasteiger partial charge in [-0.3, -0.25) is 14.5 Å². The number of carbonyl (C=O) groups excluding carboxylic acids is 2. The van der Waals surface area contributed by atoms with Gasteiger partial charge < -0.3 is 14.6 Å². The predicted octanol–water partition coefficient (Wildman–Crippen LogP) is 5.35. The molecule has 0 spiro atoms. The number of amides is 1. The number of benzene rings is 2. The molecule has 4 rings (SSSR count). The Kier molecular flexibility index (Phi) is 5.95. The zero-order valence-corrected chi connectivity index (χ0v) is 19.2. The summed E-state index contributed by atoms with van der Waals surface area (Å²) in [5, 5.41) is 13.6. The molecule has 1 fully saturated rings. The van der Waals surface area contributed by atoms with Crippen molar-refractivity contribution in [1.29, 1.82) is 0 Å². The van der Waals surface area contributed by atoms with E-state index in [-0.39, 0.29) is 11.3 Å². The standard InChI is InChI=1S/C24H20ClNO5S/c1-13-15(25)6-4-7-16(13)26-21(19-8-5-11-32-19)20(23(28)24(26)29)22(27)14-9-10-17(30-2)18(12-14)31-3/h4-12,21,27H,1-3H3/b22-20-. The van der Waals surface area contributed by atoms with Crippen LogP contribution in [-0.2, 0) is 9.59 Å². The number of carbonyl (C=O) groups is 2. The van der Waals surface area contributed by atoms with Gasteiger partial charge in [0, 0.05) is 21.2 Å². The number of Topliss-reactive ketones (excluding diaryl/α,β-unsaturated/α-hetero) is 1. The van der Waals surface area contributed by atoms with Gasteiger partial charge in [0.1, 0.15) is 11.8 Å². The quantitative estimate of drug-likeness (QED) is 0.309. The molecular formula is C24H20ClNO5S. The van der Waals surface area contributed by atoms with Crippen LogP contribution >= 0.6 is 22.9 Å². The number of methoxy groups -OCH3 is 2. The van der Waals surface area contributed by atoms with E-state index >= 15 is 0 Å². The predicted molar refractivity (Wildman–Crippen MR) is 125 cm³/mol. The van der Waals surface area contributed by atoms with Crippen LogP contribution in [0.5, 0.6) is 11.5 Å². The summed E-state index contributed by atoms with van der Waals surface area (Å²) in [6.45, 7) is 1.79. The van der Waals surface area contributed by atoms with E-state index in [2.05, 4.69) is 0 Å². The number of nitrogens with zero attached hydrogens (tertiary/aromatic N) is 1. The molecule has 0 saturated carbocycles. The van der Waals surface area contributed by atoms with Gasteiger partial charge in [-0.15, -0.1) is 11.3 Å². The van der Waals surface area contributed by atoms with Crippen LogP contribution in [0.3, 0.4) is 0 Å². The number of halogens is 1. The molecule has 3 aromatic rings. The van der Waals surface area contributed by atoms with Gasteiger partial charge in [0.05, 0.1) is 19.8 Å². The molecule has 0 radical (unpaired) electrons. The van der Waals surface area contributed by atoms with E-state index in [9.17, 15) is 14.7 Å². The largest absolute Gasteiger partial charge is 0.507 e. The number of thiophene rings is 1. The molecule has 8 heteroatoms. The average molecular weight is 470 g/mol. The van der Waals surface area contributed by atoms with Crippen LogP contribution in [0.4, 0.5) is 5.69 Å². The highest BCUT2D eigenvalue weighted by Crippen LogP contribution is 2.45. The van der Waals surface area contributed by atoms with Crippen molar-refractivity contribution >= 4 is 46.1 Å². The minimum absolute atomic E-state index is 0.00375. The maximum absolute atomic E-state index is 13.2. The van der Waals surface area contributed by atoms with E-state index in [0.717, 1.165) is 4.88 Å². The zero-order valence-electron chi connectivity index (χ0n) is 17.6. The molecule has 164 valence electrons. The molecule has 2 aromatic carbocycles. The Morgan fingerprint density at radius 3 is 2.47 bits per heavy atom. The van der Waals surface area contributed by atoms with Gasteiger partial charge in [-0.25, -0.2) is 0 Å². The molecule has 1 unspecified atom stereocenters. The zero-order chi connectivity index (χ0) is 23.0. The summed E-state index contributed by atoms with van der Waals surface area (Å²) in [4.78, 5) is 28.5. The lowest BCUT2D eigenvalue weighted by atomic mass is 9.99. The van der Waals surface area contributed by atoms with Gasteiger partial charge in [0.25, 0.3) is 11.7 Å². The fraction of sp³-hybridized carbons (Fsp3) is 0.167. The molecule has 0 aliphatic carbocycles. The lowest BCUT2D eigenvalue weighted by Crippen LogP contribution is -2.29. The molecule has 2 heterocycles. The van der Waals surface area contributed by atoms with Crippen LogP contribution in [0.25, 0.3) is 5.76 Å². The Hall–Kier alpha value is -3.29. The molecule has 1 saturated heterocycles. The van der Waals surface area contributed by atoms with E-state index in [1.54, 1.807) is 43.3 Å². The Morgan fingerprint density at radius 2 is 1.81 bits per heavy atom. The third kappa shape index (κ3) is 3.53. The van der Waals surface area contributed by atoms with E-state index in [4.69, 9.17) is 21.1 Å². The van der Waals surface area contributed by atoms with Gasteiger partial charge in [0.15, 0.2) is 11.5 Å². The minimum atomic E-state index is -0.791. The summed E-state index contributed by atoms with van der Waals surface area (Å²) in [6.07, 6.45) is 0. The molecular weight excluding hydrogens is 450 g/mol. The number of rotatable bonds is 5. The molecule has 6 nitrogen and oxygen atoms in total. The number of aliphatic hydroxyl groups excluding tert-OH is 1. The number of ether oxygens (including phenoxy) is 2. The lowest BCUT2D eigenvalue weighted by Gasteiger charge is -2.26. The van der Waals surface area contributed by atoms with E-state index in [1.165, 1.54) is 30.5 Å². The average Bonchev–Trinajstić information content (AvgIpc) is 3.42. The summed E-state index contributed by atoms with van der Waals surface area (Å²) in [5.41, 5.74) is 1.53. The molecule has 1 N–H and O–H groups in total. The van der Waals surface area contributed by atoms with Gasteiger partial charge >= 0.3 is 0 Å². The number of hydrogen-bond donors (Lipinski definition) is 1. The van der Waals surface area contributed by atoms with Crippen molar-refractivity contribution in [3.05, 3.63) is 80.5 Å². The third-order valence-corrected chi connectivity index (χ3v) is 6.75. The number of ketones is 1. The highest BCUT2D eigenvalue weighted by atomic mass is 35.5. The molecule has 1 amide bonds. The number of hydrogen-bond acceptors (Lipinski definition) is 6. The van der Waals surface area contributed by atoms with Gasteiger partial charge in [-0.05, 0) is 54.3 Å². The Bertz CT molecular complexity index is 1240. The van der Waals surface area contributed by atoms with Gasteiger partial charge in [-0.1, -0.05) is 23.7 Å². The van der Waals surface area contributed by atoms with Crippen LogP contribution in [-0.4, -0.2) is 31.0 Å². The summed E-state index contributed by atoms with van der Waals surface area (Å²) in [6, 6.07) is 12.9. The van der Waals surface area contributed by atoms with Crippen molar-refractivity contribution in [1.82, 2.24) is 0 Å². The van der Waals surface area contributed by atoms with Crippen molar-refractivity contribution in [3.63, 3.8) is 0 Å². The monoisotopic (exact) mass is 469 g/mol. The number of aliphatic hydroxyl groups is 1. The summed E-state index contributed by atoms with van der Waals surface area (Å²) >= 11 is 7.69. The molecule has 0 bridgehead atoms. The first-order chi connectivity index (χ1) is 15.4. The summed E-state index contributed by atoms with van der Waals surface area (Å²) in [5.74, 6) is -0.909. The van der Waals surface area contributed by atoms with Crippen molar-refractivity contribution in [2.75, 3.05) is 19.1 Å². The third-order valence-electron chi connectivity index (χ3n) is 5.41. The van der Waals surface area contributed by atoms with E-state index in [1.807, 2.05) is 17.5 Å². The van der Waals surface area contributed by atoms with E-state index < -0.39 is 17.7 Å². The van der Waals surface area contributed by atoms with Gasteiger partial charge in [-0.2, -0.15) is 0 Å². The Labute approximate surface area is 194 Å². The molecule has 1 atom stereocenters. The van der Waals surface area contributed by atoms with Crippen LogP contribution in [0, 0.1) is 6.92 Å². The fourth-order valence-corrected chi connectivity index (χ4v) is 4.79. The van der Waals surface area contributed by atoms with Crippen LogP contribution in [0.1, 0.15) is 22.0 Å². The van der Waals surface area contributed by atoms with Crippen LogP contribution in [0.15, 0.2) is 59.5 Å². The van der Waals surface area contributed by atoms with Crippen molar-refractivity contribution in [3.8, 4) is 11.5 Å². The maximum atomic E-state index is 13.2. The highest BCUT2D eigenvalue weighted by Gasteiger charge is 2.47. The van der Waals surface area contributed by atoms with Crippen molar-refractivity contribution < 1.29 is 24.2 Å². The number of anilines is 1. The van der Waals surface area contributed by atoms with Crippen LogP contribution < -0.4 is 14.4 Å². The SMILES string of the molecule is COc1ccc(/C(O)=C2/C(=O)C(=O)N(c3cccc(Cl)c3C)C2c2cccs2)cc1OC. The van der Waals surface area contributed by atoms with Gasteiger partial charge in [0.2, 0.25) is 0 Å². The second-order valence-electron chi connectivity index (χ2n) is 7.14. The van der Waals surface area contributed by atoms with E-state index in [0.29, 0.717) is 33.3 Å². The minimum Gasteiger partial charge on any atom is -0.507 e. The molecule has 1 aromatic heterocycles. The molecule has 1 aliphatic heterocycles. The summed E-state index contributed by atoms with van der Waals surface area (Å²) in [7, 11) is 2.99. The highest BCUT2D eigenvalue weighted by molar-refractivity contribution is 7.10. The first kappa shape index (κ1) is 21.9. The second-order valence-corrected chi connectivity index (χ2v) is 8.52. The Balaban J connectivity index is 1.94. The van der Waals surface area contributed by atoms with Crippen molar-refractivity contribution in [2.45, 2.75) is 13.0 Å². The lowest BCUT2D eigenvalue weighted by molar-refractivity contribution is -0.132. The normalized spacial score (nSPS) is 17.6. The molecule has 1 aliphatic rings.